The highest BCUT2D eigenvalue weighted by Crippen LogP contribution is 2.37. The fourth-order valence-corrected chi connectivity index (χ4v) is 3.01. The molecule has 3 nitrogen and oxygen atoms in total. The molecule has 0 spiro atoms. The highest BCUT2D eigenvalue weighted by atomic mass is 32.2. The van der Waals surface area contributed by atoms with Crippen LogP contribution in [0.1, 0.15) is 35.2 Å². The number of carbonyl (C=O) groups excluding carboxylic acids is 2. The van der Waals surface area contributed by atoms with E-state index in [1.807, 2.05) is 0 Å². The molecule has 0 saturated carbocycles. The largest absolute Gasteiger partial charge is 0.441 e. The molecule has 0 fully saturated rings. The molecule has 1 aromatic carbocycles. The van der Waals surface area contributed by atoms with Gasteiger partial charge in [-0.25, -0.2) is 0 Å². The van der Waals surface area contributed by atoms with Crippen LogP contribution in [-0.4, -0.2) is 34.5 Å². The number of fused-ring (bicyclic) bond motifs is 1. The molecule has 2 rings (SSSR count). The normalized spacial score (nSPS) is 18.9. The molecule has 1 atom stereocenters. The van der Waals surface area contributed by atoms with E-state index in [4.69, 9.17) is 0 Å². The number of carbonyl (C=O) groups is 2. The Morgan fingerprint density at radius 3 is 2.52 bits per heavy atom. The van der Waals surface area contributed by atoms with Gasteiger partial charge in [-0.2, -0.15) is 13.2 Å². The molecule has 1 aliphatic heterocycles. The van der Waals surface area contributed by atoms with Gasteiger partial charge in [0.05, 0.1) is 5.92 Å². The molecule has 21 heavy (non-hydrogen) atoms. The number of nitrogens with zero attached hydrogens (tertiary/aromatic N) is 1. The van der Waals surface area contributed by atoms with Gasteiger partial charge < -0.3 is 0 Å². The van der Waals surface area contributed by atoms with Crippen LogP contribution < -0.4 is 0 Å². The first kappa shape index (κ1) is 15.9. The lowest BCUT2D eigenvalue weighted by Gasteiger charge is -2.32. The maximum absolute atomic E-state index is 12.4. The molecular weight excluding hydrogens is 303 g/mol. The molecule has 1 aliphatic rings. The summed E-state index contributed by atoms with van der Waals surface area (Å²) in [7, 11) is 0. The van der Waals surface area contributed by atoms with Crippen LogP contribution in [-0.2, 0) is 4.79 Å². The molecular formula is C14H14F3NO2S. The standard InChI is InChI=1S/C14H14F3NO2S/c1-2-7-18-12(19)10-6-4-3-5-9(10)11(13(18)20)8-21-14(15,16)17/h3-6,11H,2,7-8H2,1H3. The lowest BCUT2D eigenvalue weighted by molar-refractivity contribution is -0.130. The molecule has 7 heteroatoms. The lowest BCUT2D eigenvalue weighted by Crippen LogP contribution is -2.45. The third kappa shape index (κ3) is 3.40. The molecule has 0 N–H and O–H groups in total. The van der Waals surface area contributed by atoms with Crippen LogP contribution >= 0.6 is 11.8 Å². The van der Waals surface area contributed by atoms with Crippen LogP contribution in [0.5, 0.6) is 0 Å². The monoisotopic (exact) mass is 317 g/mol. The van der Waals surface area contributed by atoms with E-state index in [0.717, 1.165) is 4.90 Å². The van der Waals surface area contributed by atoms with Gasteiger partial charge in [0.25, 0.3) is 5.91 Å². The molecule has 1 heterocycles. The summed E-state index contributed by atoms with van der Waals surface area (Å²) in [6, 6.07) is 6.37. The molecule has 1 aromatic rings. The Morgan fingerprint density at radius 2 is 1.90 bits per heavy atom. The molecule has 0 bridgehead atoms. The molecule has 0 saturated heterocycles. The third-order valence-electron chi connectivity index (χ3n) is 3.24. The molecule has 0 aromatic heterocycles. The first-order valence-corrected chi connectivity index (χ1v) is 7.49. The minimum Gasteiger partial charge on any atom is -0.278 e. The van der Waals surface area contributed by atoms with E-state index in [1.54, 1.807) is 31.2 Å². The van der Waals surface area contributed by atoms with E-state index in [0.29, 0.717) is 17.5 Å². The van der Waals surface area contributed by atoms with E-state index < -0.39 is 29.0 Å². The zero-order chi connectivity index (χ0) is 15.6. The predicted molar refractivity (Wildman–Crippen MR) is 74.0 cm³/mol. The Kier molecular flexibility index (Phi) is 4.61. The molecule has 1 unspecified atom stereocenters. The van der Waals surface area contributed by atoms with Crippen LogP contribution in [0.2, 0.25) is 0 Å². The summed E-state index contributed by atoms with van der Waals surface area (Å²) in [5, 5.41) is 0. The highest BCUT2D eigenvalue weighted by Gasteiger charge is 2.40. The van der Waals surface area contributed by atoms with E-state index in [9.17, 15) is 22.8 Å². The van der Waals surface area contributed by atoms with Crippen LogP contribution in [0.25, 0.3) is 0 Å². The van der Waals surface area contributed by atoms with Crippen molar-refractivity contribution in [1.29, 1.82) is 0 Å². The number of rotatable bonds is 4. The number of amides is 2. The second-order valence-corrected chi connectivity index (χ2v) is 5.78. The summed E-state index contributed by atoms with van der Waals surface area (Å²) in [5.74, 6) is -2.31. The molecule has 2 amide bonds. The first-order valence-electron chi connectivity index (χ1n) is 6.50. The van der Waals surface area contributed by atoms with Crippen LogP contribution in [0.4, 0.5) is 13.2 Å². The zero-order valence-corrected chi connectivity index (χ0v) is 12.1. The molecule has 114 valence electrons. The van der Waals surface area contributed by atoms with E-state index in [-0.39, 0.29) is 18.3 Å². The number of thioether (sulfide) groups is 1. The number of hydrogen-bond acceptors (Lipinski definition) is 3. The number of benzene rings is 1. The Bertz CT molecular complexity index is 559. The molecule has 0 aliphatic carbocycles. The van der Waals surface area contributed by atoms with Gasteiger partial charge in [-0.15, -0.1) is 0 Å². The lowest BCUT2D eigenvalue weighted by atomic mass is 9.89. The topological polar surface area (TPSA) is 37.4 Å². The van der Waals surface area contributed by atoms with Crippen molar-refractivity contribution in [3.63, 3.8) is 0 Å². The number of halogens is 3. The fourth-order valence-electron chi connectivity index (χ4n) is 2.34. The van der Waals surface area contributed by atoms with Gasteiger partial charge in [0.15, 0.2) is 0 Å². The van der Waals surface area contributed by atoms with Crippen molar-refractivity contribution >= 4 is 23.6 Å². The summed E-state index contributed by atoms with van der Waals surface area (Å²) < 4.78 is 37.2. The zero-order valence-electron chi connectivity index (χ0n) is 11.3. The number of hydrogen-bond donors (Lipinski definition) is 0. The van der Waals surface area contributed by atoms with Crippen molar-refractivity contribution in [1.82, 2.24) is 4.90 Å². The second kappa shape index (κ2) is 6.09. The van der Waals surface area contributed by atoms with Crippen molar-refractivity contribution in [2.45, 2.75) is 24.8 Å². The third-order valence-corrected chi connectivity index (χ3v) is 4.06. The van der Waals surface area contributed by atoms with Crippen molar-refractivity contribution < 1.29 is 22.8 Å². The smallest absolute Gasteiger partial charge is 0.278 e. The van der Waals surface area contributed by atoms with Gasteiger partial charge in [-0.05, 0) is 29.8 Å². The Labute approximate surface area is 124 Å². The molecule has 0 radical (unpaired) electrons. The quantitative estimate of drug-likeness (QED) is 0.799. The maximum atomic E-state index is 12.4. The average Bonchev–Trinajstić information content (AvgIpc) is 2.42. The fraction of sp³-hybridized carbons (Fsp3) is 0.429. The van der Waals surface area contributed by atoms with E-state index in [2.05, 4.69) is 0 Å². The number of alkyl halides is 3. The van der Waals surface area contributed by atoms with Gasteiger partial charge in [-0.3, -0.25) is 14.5 Å². The minimum atomic E-state index is -4.40. The van der Waals surface area contributed by atoms with Crippen LogP contribution in [0.15, 0.2) is 24.3 Å². The van der Waals surface area contributed by atoms with Crippen molar-refractivity contribution in [3.8, 4) is 0 Å². The van der Waals surface area contributed by atoms with Crippen molar-refractivity contribution in [2.24, 2.45) is 0 Å². The van der Waals surface area contributed by atoms with Gasteiger partial charge in [0.2, 0.25) is 5.91 Å². The number of imide groups is 1. The Morgan fingerprint density at radius 1 is 1.24 bits per heavy atom. The van der Waals surface area contributed by atoms with Crippen LogP contribution in [0.3, 0.4) is 0 Å². The summed E-state index contributed by atoms with van der Waals surface area (Å²) >= 11 is -0.230. The van der Waals surface area contributed by atoms with Crippen molar-refractivity contribution in [2.75, 3.05) is 12.3 Å². The SMILES string of the molecule is CCCN1C(=O)c2ccccc2C(CSC(F)(F)F)C1=O. The van der Waals surface area contributed by atoms with Crippen LogP contribution in [0, 0.1) is 0 Å². The van der Waals surface area contributed by atoms with Gasteiger partial charge in [-0.1, -0.05) is 25.1 Å². The van der Waals surface area contributed by atoms with Gasteiger partial charge in [0.1, 0.15) is 0 Å². The Hall–Kier alpha value is -1.50. The summed E-state index contributed by atoms with van der Waals surface area (Å²) in [6.07, 6.45) is 0.568. The maximum Gasteiger partial charge on any atom is 0.441 e. The van der Waals surface area contributed by atoms with Crippen molar-refractivity contribution in [3.05, 3.63) is 35.4 Å². The average molecular weight is 317 g/mol. The minimum absolute atomic E-state index is 0.221. The van der Waals surface area contributed by atoms with Gasteiger partial charge in [0, 0.05) is 17.9 Å². The predicted octanol–water partition coefficient (Wildman–Crippen LogP) is 3.42. The summed E-state index contributed by atoms with van der Waals surface area (Å²) in [4.78, 5) is 25.6. The highest BCUT2D eigenvalue weighted by molar-refractivity contribution is 8.00. The summed E-state index contributed by atoms with van der Waals surface area (Å²) in [6.45, 7) is 2.03. The van der Waals surface area contributed by atoms with E-state index >= 15 is 0 Å². The van der Waals surface area contributed by atoms with E-state index in [1.165, 1.54) is 0 Å². The summed E-state index contributed by atoms with van der Waals surface area (Å²) in [5.41, 5.74) is -3.69. The second-order valence-electron chi connectivity index (χ2n) is 4.69. The Balaban J connectivity index is 2.35. The van der Waals surface area contributed by atoms with Gasteiger partial charge >= 0.3 is 5.51 Å². The first-order chi connectivity index (χ1) is 9.85.